The number of carbonyl (C=O) groups is 1. The standard InChI is InChI=1S/C23H25N3O3S/c1-16-8-10-18(11-9-16)23(12-13-23)22(27)26-14-4-5-17(15-26)21-24-19-6-2-3-7-20(19)30(28,29)25-21/h2-3,6-11,17H,4-5,12-15H2,1H3,(H,24,25). The van der Waals surface area contributed by atoms with Gasteiger partial charge >= 0.3 is 0 Å². The molecule has 1 saturated carbocycles. The molecule has 2 heterocycles. The van der Waals surface area contributed by atoms with Crippen LogP contribution in [-0.2, 0) is 20.2 Å². The van der Waals surface area contributed by atoms with Crippen molar-refractivity contribution in [1.82, 2.24) is 4.90 Å². The molecule has 2 aliphatic heterocycles. The van der Waals surface area contributed by atoms with Gasteiger partial charge < -0.3 is 10.2 Å². The average Bonchev–Trinajstić information content (AvgIpc) is 3.55. The first-order valence-electron chi connectivity index (χ1n) is 10.5. The normalized spacial score (nSPS) is 23.7. The van der Waals surface area contributed by atoms with Crippen molar-refractivity contribution in [3.63, 3.8) is 0 Å². The number of rotatable bonds is 3. The van der Waals surface area contributed by atoms with Crippen LogP contribution in [0.25, 0.3) is 0 Å². The topological polar surface area (TPSA) is 78.8 Å². The van der Waals surface area contributed by atoms with Gasteiger partial charge in [0, 0.05) is 19.0 Å². The molecule has 6 nitrogen and oxygen atoms in total. The molecule has 0 aromatic heterocycles. The Balaban J connectivity index is 1.38. The van der Waals surface area contributed by atoms with E-state index in [0.717, 1.165) is 31.2 Å². The molecular weight excluding hydrogens is 398 g/mol. The molecule has 1 N–H and O–H groups in total. The molecule has 1 unspecified atom stereocenters. The van der Waals surface area contributed by atoms with Crippen LogP contribution in [0.15, 0.2) is 57.8 Å². The first kappa shape index (κ1) is 19.3. The second-order valence-corrected chi connectivity index (χ2v) is 10.2. The third-order valence-electron chi connectivity index (χ3n) is 6.51. The zero-order valence-electron chi connectivity index (χ0n) is 17.0. The fourth-order valence-corrected chi connectivity index (χ4v) is 5.82. The lowest BCUT2D eigenvalue weighted by molar-refractivity contribution is -0.135. The van der Waals surface area contributed by atoms with Crippen LogP contribution >= 0.6 is 0 Å². The number of likely N-dealkylation sites (tertiary alicyclic amines) is 1. The van der Waals surface area contributed by atoms with Crippen molar-refractivity contribution in [3.8, 4) is 0 Å². The Morgan fingerprint density at radius 3 is 2.60 bits per heavy atom. The molecular formula is C23H25N3O3S. The summed E-state index contributed by atoms with van der Waals surface area (Å²) >= 11 is 0. The van der Waals surface area contributed by atoms with Gasteiger partial charge in [0.1, 0.15) is 10.7 Å². The van der Waals surface area contributed by atoms with Gasteiger partial charge in [0.15, 0.2) is 0 Å². The third-order valence-corrected chi connectivity index (χ3v) is 7.85. The molecule has 0 spiro atoms. The van der Waals surface area contributed by atoms with Crippen LogP contribution in [-0.4, -0.2) is 38.2 Å². The molecule has 0 radical (unpaired) electrons. The van der Waals surface area contributed by atoms with Crippen LogP contribution in [0.4, 0.5) is 5.69 Å². The zero-order chi connectivity index (χ0) is 20.9. The van der Waals surface area contributed by atoms with Crippen LogP contribution in [0, 0.1) is 12.8 Å². The van der Waals surface area contributed by atoms with E-state index in [1.165, 1.54) is 5.56 Å². The van der Waals surface area contributed by atoms with E-state index in [-0.39, 0.29) is 16.7 Å². The van der Waals surface area contributed by atoms with Crippen LogP contribution in [0.5, 0.6) is 0 Å². The molecule has 1 aliphatic carbocycles. The maximum Gasteiger partial charge on any atom is 0.286 e. The van der Waals surface area contributed by atoms with Crippen molar-refractivity contribution >= 4 is 27.5 Å². The Hall–Kier alpha value is -2.67. The van der Waals surface area contributed by atoms with Gasteiger partial charge in [-0.15, -0.1) is 4.40 Å². The predicted octanol–water partition coefficient (Wildman–Crippen LogP) is 3.48. The van der Waals surface area contributed by atoms with Gasteiger partial charge in [-0.25, -0.2) is 0 Å². The van der Waals surface area contributed by atoms with Crippen LogP contribution in [0.2, 0.25) is 0 Å². The Bertz CT molecular complexity index is 1130. The van der Waals surface area contributed by atoms with Crippen molar-refractivity contribution < 1.29 is 13.2 Å². The maximum atomic E-state index is 13.5. The molecule has 1 atom stereocenters. The summed E-state index contributed by atoms with van der Waals surface area (Å²) < 4.78 is 29.3. The molecule has 1 saturated heterocycles. The molecule has 7 heteroatoms. The maximum absolute atomic E-state index is 13.5. The predicted molar refractivity (Wildman–Crippen MR) is 116 cm³/mol. The highest BCUT2D eigenvalue weighted by molar-refractivity contribution is 7.90. The lowest BCUT2D eigenvalue weighted by Crippen LogP contribution is -2.48. The number of amides is 1. The SMILES string of the molecule is Cc1ccc(C2(C(=O)N3CCCC(C4=NS(=O)(=O)c5ccccc5N4)C3)CC2)cc1. The minimum absolute atomic E-state index is 0.111. The number of amidine groups is 1. The number of sulfonamides is 1. The number of anilines is 1. The zero-order valence-corrected chi connectivity index (χ0v) is 17.8. The summed E-state index contributed by atoms with van der Waals surface area (Å²) in [7, 11) is -3.72. The van der Waals surface area contributed by atoms with E-state index in [1.54, 1.807) is 24.3 Å². The highest BCUT2D eigenvalue weighted by Crippen LogP contribution is 2.50. The number of piperidine rings is 1. The minimum atomic E-state index is -3.72. The molecule has 5 rings (SSSR count). The number of nitrogens with zero attached hydrogens (tertiary/aromatic N) is 2. The van der Waals surface area contributed by atoms with Crippen LogP contribution in [0.3, 0.4) is 0 Å². The molecule has 0 bridgehead atoms. The van der Waals surface area contributed by atoms with Gasteiger partial charge in [-0.3, -0.25) is 4.79 Å². The van der Waals surface area contributed by atoms with Gasteiger partial charge in [-0.05, 0) is 50.3 Å². The van der Waals surface area contributed by atoms with Crippen molar-refractivity contribution in [2.24, 2.45) is 10.3 Å². The second kappa shape index (κ2) is 6.94. The summed E-state index contributed by atoms with van der Waals surface area (Å²) in [5, 5.41) is 3.21. The summed E-state index contributed by atoms with van der Waals surface area (Å²) in [6.07, 6.45) is 3.39. The number of fused-ring (bicyclic) bond motifs is 1. The van der Waals surface area contributed by atoms with Crippen molar-refractivity contribution in [2.75, 3.05) is 18.4 Å². The number of nitrogens with one attached hydrogen (secondary N) is 1. The lowest BCUT2D eigenvalue weighted by Gasteiger charge is -2.36. The van der Waals surface area contributed by atoms with Crippen molar-refractivity contribution in [2.45, 2.75) is 42.9 Å². The highest BCUT2D eigenvalue weighted by Gasteiger charge is 2.53. The number of para-hydroxylation sites is 1. The molecule has 30 heavy (non-hydrogen) atoms. The lowest BCUT2D eigenvalue weighted by atomic mass is 9.90. The fourth-order valence-electron chi connectivity index (χ4n) is 4.62. The Labute approximate surface area is 177 Å². The summed E-state index contributed by atoms with van der Waals surface area (Å²) in [6.45, 7) is 3.25. The molecule has 2 aromatic rings. The number of hydrogen-bond acceptors (Lipinski definition) is 4. The van der Waals surface area contributed by atoms with Gasteiger partial charge in [-0.2, -0.15) is 8.42 Å². The molecule has 2 aromatic carbocycles. The monoisotopic (exact) mass is 423 g/mol. The van der Waals surface area contributed by atoms with E-state index in [4.69, 9.17) is 0 Å². The summed E-state index contributed by atoms with van der Waals surface area (Å²) in [5.41, 5.74) is 2.42. The van der Waals surface area contributed by atoms with Crippen molar-refractivity contribution in [3.05, 3.63) is 59.7 Å². The van der Waals surface area contributed by atoms with Gasteiger partial charge in [0.2, 0.25) is 5.91 Å². The second-order valence-electron chi connectivity index (χ2n) is 8.61. The number of aryl methyl sites for hydroxylation is 1. The number of carbonyl (C=O) groups excluding carboxylic acids is 1. The Kier molecular flexibility index (Phi) is 4.47. The number of hydrogen-bond donors (Lipinski definition) is 1. The minimum Gasteiger partial charge on any atom is -0.342 e. The summed E-state index contributed by atoms with van der Waals surface area (Å²) in [4.78, 5) is 15.6. The van der Waals surface area contributed by atoms with Crippen LogP contribution < -0.4 is 5.32 Å². The quantitative estimate of drug-likeness (QED) is 0.820. The Morgan fingerprint density at radius 2 is 1.87 bits per heavy atom. The van der Waals surface area contributed by atoms with Gasteiger partial charge in [0.05, 0.1) is 11.1 Å². The Morgan fingerprint density at radius 1 is 1.13 bits per heavy atom. The summed E-state index contributed by atoms with van der Waals surface area (Å²) in [5.74, 6) is 0.502. The summed E-state index contributed by atoms with van der Waals surface area (Å²) in [6, 6.07) is 15.1. The average molecular weight is 424 g/mol. The molecule has 1 amide bonds. The van der Waals surface area contributed by atoms with E-state index in [9.17, 15) is 13.2 Å². The third kappa shape index (κ3) is 3.21. The van der Waals surface area contributed by atoms with Gasteiger partial charge in [-0.1, -0.05) is 42.0 Å². The van der Waals surface area contributed by atoms with E-state index in [2.05, 4.69) is 34.0 Å². The molecule has 156 valence electrons. The molecule has 3 aliphatic rings. The van der Waals surface area contributed by atoms with E-state index in [1.807, 2.05) is 11.8 Å². The highest BCUT2D eigenvalue weighted by atomic mass is 32.2. The largest absolute Gasteiger partial charge is 0.342 e. The first-order chi connectivity index (χ1) is 14.4. The van der Waals surface area contributed by atoms with E-state index in [0.29, 0.717) is 24.6 Å². The van der Waals surface area contributed by atoms with Gasteiger partial charge in [0.25, 0.3) is 10.0 Å². The van der Waals surface area contributed by atoms with Crippen molar-refractivity contribution in [1.29, 1.82) is 0 Å². The smallest absolute Gasteiger partial charge is 0.286 e. The number of benzene rings is 2. The first-order valence-corrected chi connectivity index (χ1v) is 11.9. The van der Waals surface area contributed by atoms with E-state index >= 15 is 0 Å². The fraction of sp³-hybridized carbons (Fsp3) is 0.391. The van der Waals surface area contributed by atoms with E-state index < -0.39 is 15.4 Å². The van der Waals surface area contributed by atoms with Crippen LogP contribution in [0.1, 0.15) is 36.8 Å². The molecule has 2 fully saturated rings.